The lowest BCUT2D eigenvalue weighted by molar-refractivity contribution is -0.145. The molecule has 0 atom stereocenters. The van der Waals surface area contributed by atoms with Gasteiger partial charge in [0, 0.05) is 12.2 Å². The van der Waals surface area contributed by atoms with Crippen molar-refractivity contribution >= 4 is 45.4 Å². The molecule has 0 fully saturated rings. The van der Waals surface area contributed by atoms with E-state index in [4.69, 9.17) is 28.4 Å². The van der Waals surface area contributed by atoms with Gasteiger partial charge in [0.1, 0.15) is 23.0 Å². The zero-order valence-electron chi connectivity index (χ0n) is 24.3. The molecule has 0 saturated heterocycles. The number of hydrogen-bond acceptors (Lipinski definition) is 10. The molecule has 5 rings (SSSR count). The number of carbonyl (C=O) groups excluding carboxylic acids is 4. The van der Waals surface area contributed by atoms with Crippen molar-refractivity contribution in [2.45, 2.75) is 0 Å². The zero-order chi connectivity index (χ0) is 32.5. The highest BCUT2D eigenvalue weighted by molar-refractivity contribution is 5.98. The molecule has 10 heteroatoms. The Labute approximate surface area is 263 Å². The van der Waals surface area contributed by atoms with Gasteiger partial charge >= 0.3 is 23.9 Å². The average Bonchev–Trinajstić information content (AvgIpc) is 3.08. The van der Waals surface area contributed by atoms with Gasteiger partial charge in [-0.1, -0.05) is 37.4 Å². The lowest BCUT2D eigenvalue weighted by atomic mass is 10.1. The number of benzene rings is 5. The second-order valence-electron chi connectivity index (χ2n) is 9.56. The maximum Gasteiger partial charge on any atom is 0.343 e. The van der Waals surface area contributed by atoms with Crippen molar-refractivity contribution in [3.8, 4) is 23.0 Å². The van der Waals surface area contributed by atoms with Crippen LogP contribution in [0.4, 0.5) is 0 Å². The Morgan fingerprint density at radius 2 is 0.826 bits per heavy atom. The minimum atomic E-state index is -0.586. The fraction of sp³-hybridized carbons (Fsp3) is 0.0556. The van der Waals surface area contributed by atoms with Crippen LogP contribution in [0.2, 0.25) is 0 Å². The number of carbonyl (C=O) groups is 4. The van der Waals surface area contributed by atoms with Gasteiger partial charge in [-0.25, -0.2) is 19.2 Å². The lowest BCUT2D eigenvalue weighted by Crippen LogP contribution is -2.10. The van der Waals surface area contributed by atoms with Gasteiger partial charge in [0.2, 0.25) is 13.6 Å². The summed E-state index contributed by atoms with van der Waals surface area (Å²) in [5, 5.41) is 3.18. The summed E-state index contributed by atoms with van der Waals surface area (Å²) in [5.74, 6) is -0.777. The van der Waals surface area contributed by atoms with E-state index in [0.717, 1.165) is 33.7 Å². The van der Waals surface area contributed by atoms with E-state index in [-0.39, 0.29) is 25.1 Å². The molecular formula is C36H26O10. The molecule has 0 N–H and O–H groups in total. The van der Waals surface area contributed by atoms with Gasteiger partial charge in [-0.05, 0) is 94.3 Å². The van der Waals surface area contributed by atoms with Gasteiger partial charge in [-0.15, -0.1) is 0 Å². The maximum absolute atomic E-state index is 12.8. The van der Waals surface area contributed by atoms with E-state index in [1.807, 2.05) is 0 Å². The summed E-state index contributed by atoms with van der Waals surface area (Å²) in [6.07, 6.45) is 2.09. The van der Waals surface area contributed by atoms with Crippen LogP contribution in [0.25, 0.3) is 21.5 Å². The first-order valence-electron chi connectivity index (χ1n) is 13.8. The Morgan fingerprint density at radius 1 is 0.478 bits per heavy atom. The fourth-order valence-electron chi connectivity index (χ4n) is 4.22. The maximum atomic E-state index is 12.8. The van der Waals surface area contributed by atoms with Crippen LogP contribution >= 0.6 is 0 Å². The molecule has 0 spiro atoms. The molecule has 5 aromatic rings. The molecule has 0 aromatic heterocycles. The van der Waals surface area contributed by atoms with E-state index in [9.17, 15) is 19.2 Å². The third-order valence-corrected chi connectivity index (χ3v) is 6.53. The Kier molecular flexibility index (Phi) is 9.69. The van der Waals surface area contributed by atoms with E-state index in [1.54, 1.807) is 72.8 Å². The highest BCUT2D eigenvalue weighted by Crippen LogP contribution is 2.26. The van der Waals surface area contributed by atoms with Crippen molar-refractivity contribution in [2.24, 2.45) is 0 Å². The SMILES string of the molecule is C=CC(=O)OCOc1ccc2cc(C(=O)Oc3ccc(OC(=O)c4ccc5cc(OCOC(=O)C=C)ccc5c4)cc3)ccc2c1. The topological polar surface area (TPSA) is 124 Å². The van der Waals surface area contributed by atoms with Gasteiger partial charge < -0.3 is 28.4 Å². The smallest absolute Gasteiger partial charge is 0.343 e. The first kappa shape index (κ1) is 31.0. The standard InChI is InChI=1S/C36H26O10/c1-3-33(37)43-21-41-31-11-9-23-17-27(7-5-25(23)19-31)35(39)45-29-13-15-30(16-14-29)46-36(40)28-8-6-26-20-32(12-10-24(26)18-28)42-22-44-34(38)4-2/h3-20H,1-2,21-22H2. The Balaban J connectivity index is 1.16. The quantitative estimate of drug-likeness (QED) is 0.0657. The molecule has 0 heterocycles. The van der Waals surface area contributed by atoms with Crippen LogP contribution in [0.5, 0.6) is 23.0 Å². The minimum Gasteiger partial charge on any atom is -0.457 e. The van der Waals surface area contributed by atoms with E-state index in [1.165, 1.54) is 24.3 Å². The predicted octanol–water partition coefficient (Wildman–Crippen LogP) is 6.56. The van der Waals surface area contributed by atoms with Crippen LogP contribution in [0.1, 0.15) is 20.7 Å². The minimum absolute atomic E-state index is 0.251. The molecule has 0 radical (unpaired) electrons. The monoisotopic (exact) mass is 618 g/mol. The normalized spacial score (nSPS) is 10.4. The Morgan fingerprint density at radius 3 is 1.22 bits per heavy atom. The van der Waals surface area contributed by atoms with Crippen LogP contribution in [-0.4, -0.2) is 37.5 Å². The largest absolute Gasteiger partial charge is 0.457 e. The molecule has 0 aliphatic rings. The summed E-state index contributed by atoms with van der Waals surface area (Å²) in [4.78, 5) is 47.9. The second-order valence-corrected chi connectivity index (χ2v) is 9.56. The van der Waals surface area contributed by atoms with E-state index >= 15 is 0 Å². The molecule has 0 unspecified atom stereocenters. The summed E-state index contributed by atoms with van der Waals surface area (Å²) in [5.41, 5.74) is 0.672. The predicted molar refractivity (Wildman–Crippen MR) is 168 cm³/mol. The highest BCUT2D eigenvalue weighted by atomic mass is 16.7. The second kappa shape index (κ2) is 14.4. The third kappa shape index (κ3) is 7.94. The van der Waals surface area contributed by atoms with Crippen LogP contribution < -0.4 is 18.9 Å². The fourth-order valence-corrected chi connectivity index (χ4v) is 4.22. The summed E-state index contributed by atoms with van der Waals surface area (Å²) >= 11 is 0. The van der Waals surface area contributed by atoms with Crippen LogP contribution in [0.15, 0.2) is 122 Å². The molecule has 5 aromatic carbocycles. The Bertz CT molecular complexity index is 1820. The molecular weight excluding hydrogens is 592 g/mol. The number of esters is 4. The summed E-state index contributed by atoms with van der Waals surface area (Å²) in [6, 6.07) is 26.7. The average molecular weight is 619 g/mol. The molecule has 0 aliphatic carbocycles. The molecule has 46 heavy (non-hydrogen) atoms. The van der Waals surface area contributed by atoms with Crippen LogP contribution in [0, 0.1) is 0 Å². The van der Waals surface area contributed by atoms with Gasteiger partial charge in [-0.2, -0.15) is 0 Å². The Hall–Kier alpha value is -6.42. The van der Waals surface area contributed by atoms with Crippen molar-refractivity contribution in [1.29, 1.82) is 0 Å². The first-order valence-corrected chi connectivity index (χ1v) is 13.8. The van der Waals surface area contributed by atoms with Crippen molar-refractivity contribution in [1.82, 2.24) is 0 Å². The van der Waals surface area contributed by atoms with E-state index in [2.05, 4.69) is 13.2 Å². The van der Waals surface area contributed by atoms with Gasteiger partial charge in [0.25, 0.3) is 0 Å². The van der Waals surface area contributed by atoms with Crippen molar-refractivity contribution in [3.05, 3.63) is 133 Å². The van der Waals surface area contributed by atoms with Crippen molar-refractivity contribution in [3.63, 3.8) is 0 Å². The molecule has 0 aliphatic heterocycles. The zero-order valence-corrected chi connectivity index (χ0v) is 24.3. The lowest BCUT2D eigenvalue weighted by Gasteiger charge is -2.09. The van der Waals surface area contributed by atoms with Crippen molar-refractivity contribution in [2.75, 3.05) is 13.6 Å². The molecule has 0 saturated carbocycles. The number of hydrogen-bond donors (Lipinski definition) is 0. The van der Waals surface area contributed by atoms with E-state index in [0.29, 0.717) is 22.6 Å². The molecule has 230 valence electrons. The molecule has 0 amide bonds. The first-order chi connectivity index (χ1) is 22.3. The van der Waals surface area contributed by atoms with Gasteiger partial charge in [0.05, 0.1) is 11.1 Å². The number of rotatable bonds is 12. The van der Waals surface area contributed by atoms with Crippen LogP contribution in [0.3, 0.4) is 0 Å². The number of fused-ring (bicyclic) bond motifs is 2. The van der Waals surface area contributed by atoms with Crippen LogP contribution in [-0.2, 0) is 19.1 Å². The third-order valence-electron chi connectivity index (χ3n) is 6.53. The van der Waals surface area contributed by atoms with Gasteiger partial charge in [0.15, 0.2) is 0 Å². The van der Waals surface area contributed by atoms with E-state index < -0.39 is 23.9 Å². The van der Waals surface area contributed by atoms with Gasteiger partial charge in [-0.3, -0.25) is 0 Å². The summed E-state index contributed by atoms with van der Waals surface area (Å²) < 4.78 is 31.5. The number of ether oxygens (including phenoxy) is 6. The highest BCUT2D eigenvalue weighted by Gasteiger charge is 2.13. The molecule has 0 bridgehead atoms. The summed E-state index contributed by atoms with van der Waals surface area (Å²) in [6.45, 7) is 6.14. The van der Waals surface area contributed by atoms with Crippen molar-refractivity contribution < 1.29 is 47.6 Å². The summed E-state index contributed by atoms with van der Waals surface area (Å²) in [7, 11) is 0. The molecule has 10 nitrogen and oxygen atoms in total.